The van der Waals surface area contributed by atoms with Gasteiger partial charge in [-0.2, -0.15) is 0 Å². The number of hydrogen-bond donors (Lipinski definition) is 1. The molecule has 0 aromatic rings. The molecule has 0 bridgehead atoms. The van der Waals surface area contributed by atoms with Crippen LogP contribution in [0.1, 0.15) is 46.5 Å². The van der Waals surface area contributed by atoms with Crippen molar-refractivity contribution in [2.45, 2.75) is 58.5 Å². The van der Waals surface area contributed by atoms with E-state index in [0.717, 1.165) is 12.1 Å². The van der Waals surface area contributed by atoms with Crippen molar-refractivity contribution in [3.05, 3.63) is 0 Å². The van der Waals surface area contributed by atoms with E-state index in [9.17, 15) is 0 Å². The lowest BCUT2D eigenvalue weighted by Crippen LogP contribution is -2.41. The van der Waals surface area contributed by atoms with Crippen LogP contribution in [0.25, 0.3) is 0 Å². The average Bonchev–Trinajstić information content (AvgIpc) is 2.21. The SMILES string of the molecule is CCN(CC)C(C)CC1CCCCN1. The Labute approximate surface area is 89.1 Å². The summed E-state index contributed by atoms with van der Waals surface area (Å²) >= 11 is 0. The summed E-state index contributed by atoms with van der Waals surface area (Å²) in [6.45, 7) is 10.5. The minimum Gasteiger partial charge on any atom is -0.314 e. The van der Waals surface area contributed by atoms with E-state index in [0.29, 0.717) is 0 Å². The van der Waals surface area contributed by atoms with E-state index in [1.165, 1.54) is 45.3 Å². The highest BCUT2D eigenvalue weighted by atomic mass is 15.1. The highest BCUT2D eigenvalue weighted by Crippen LogP contribution is 2.14. The molecule has 0 aromatic heterocycles. The van der Waals surface area contributed by atoms with E-state index in [2.05, 4.69) is 31.0 Å². The second-order valence-electron chi connectivity index (χ2n) is 4.45. The first kappa shape index (κ1) is 12.0. The van der Waals surface area contributed by atoms with Gasteiger partial charge in [0.05, 0.1) is 0 Å². The molecule has 2 unspecified atom stereocenters. The van der Waals surface area contributed by atoms with Crippen LogP contribution in [0.5, 0.6) is 0 Å². The maximum Gasteiger partial charge on any atom is 0.00818 e. The Morgan fingerprint density at radius 2 is 2.00 bits per heavy atom. The molecule has 0 saturated carbocycles. The van der Waals surface area contributed by atoms with Crippen LogP contribution in [0.4, 0.5) is 0 Å². The Morgan fingerprint density at radius 3 is 2.50 bits per heavy atom. The van der Waals surface area contributed by atoms with E-state index < -0.39 is 0 Å². The Balaban J connectivity index is 2.26. The Morgan fingerprint density at radius 1 is 1.29 bits per heavy atom. The Kier molecular flexibility index (Phi) is 5.49. The number of nitrogens with zero attached hydrogens (tertiary/aromatic N) is 1. The minimum absolute atomic E-state index is 0.737. The summed E-state index contributed by atoms with van der Waals surface area (Å²) in [6, 6.07) is 1.51. The molecule has 2 atom stereocenters. The summed E-state index contributed by atoms with van der Waals surface area (Å²) in [4.78, 5) is 2.55. The third-order valence-corrected chi connectivity index (χ3v) is 3.47. The summed E-state index contributed by atoms with van der Waals surface area (Å²) in [5.41, 5.74) is 0. The maximum absolute atomic E-state index is 3.63. The lowest BCUT2D eigenvalue weighted by Gasteiger charge is -2.32. The van der Waals surface area contributed by atoms with Gasteiger partial charge in [-0.05, 0) is 45.8 Å². The molecular formula is C12H26N2. The Bertz CT molecular complexity index is 137. The highest BCUT2D eigenvalue weighted by Gasteiger charge is 2.18. The van der Waals surface area contributed by atoms with Crippen LogP contribution in [0.15, 0.2) is 0 Å². The molecule has 84 valence electrons. The topological polar surface area (TPSA) is 15.3 Å². The van der Waals surface area contributed by atoms with E-state index in [1.807, 2.05) is 0 Å². The number of nitrogens with one attached hydrogen (secondary N) is 1. The third-order valence-electron chi connectivity index (χ3n) is 3.47. The molecule has 0 aromatic carbocycles. The van der Waals surface area contributed by atoms with Gasteiger partial charge in [-0.15, -0.1) is 0 Å². The molecular weight excluding hydrogens is 172 g/mol. The first-order chi connectivity index (χ1) is 6.77. The molecule has 1 N–H and O–H groups in total. The predicted octanol–water partition coefficient (Wildman–Crippen LogP) is 2.25. The number of hydrogen-bond acceptors (Lipinski definition) is 2. The van der Waals surface area contributed by atoms with Gasteiger partial charge >= 0.3 is 0 Å². The highest BCUT2D eigenvalue weighted by molar-refractivity contribution is 4.77. The largest absolute Gasteiger partial charge is 0.314 e. The smallest absolute Gasteiger partial charge is 0.00818 e. The van der Waals surface area contributed by atoms with Crippen LogP contribution >= 0.6 is 0 Å². The predicted molar refractivity (Wildman–Crippen MR) is 62.6 cm³/mol. The molecule has 2 heteroatoms. The van der Waals surface area contributed by atoms with Crippen LogP contribution in [0, 0.1) is 0 Å². The quantitative estimate of drug-likeness (QED) is 0.729. The zero-order valence-corrected chi connectivity index (χ0v) is 10.1. The van der Waals surface area contributed by atoms with Crippen molar-refractivity contribution in [3.63, 3.8) is 0 Å². The van der Waals surface area contributed by atoms with E-state index in [-0.39, 0.29) is 0 Å². The van der Waals surface area contributed by atoms with Crippen molar-refractivity contribution in [1.29, 1.82) is 0 Å². The van der Waals surface area contributed by atoms with Gasteiger partial charge in [-0.25, -0.2) is 0 Å². The van der Waals surface area contributed by atoms with Gasteiger partial charge in [0.25, 0.3) is 0 Å². The van der Waals surface area contributed by atoms with Crippen LogP contribution in [0.3, 0.4) is 0 Å². The third kappa shape index (κ3) is 3.58. The summed E-state index contributed by atoms with van der Waals surface area (Å²) in [5, 5.41) is 3.63. The lowest BCUT2D eigenvalue weighted by molar-refractivity contribution is 0.196. The summed E-state index contributed by atoms with van der Waals surface area (Å²) < 4.78 is 0. The van der Waals surface area contributed by atoms with Gasteiger partial charge in [0, 0.05) is 12.1 Å². The molecule has 0 aliphatic carbocycles. The van der Waals surface area contributed by atoms with Gasteiger partial charge in [0.2, 0.25) is 0 Å². The van der Waals surface area contributed by atoms with Crippen molar-refractivity contribution in [2.75, 3.05) is 19.6 Å². The molecule has 2 nitrogen and oxygen atoms in total. The van der Waals surface area contributed by atoms with E-state index in [4.69, 9.17) is 0 Å². The monoisotopic (exact) mass is 198 g/mol. The number of piperidine rings is 1. The number of rotatable bonds is 5. The van der Waals surface area contributed by atoms with E-state index in [1.54, 1.807) is 0 Å². The summed E-state index contributed by atoms with van der Waals surface area (Å²) in [6.07, 6.45) is 5.49. The van der Waals surface area contributed by atoms with Crippen molar-refractivity contribution < 1.29 is 0 Å². The zero-order valence-electron chi connectivity index (χ0n) is 10.1. The fourth-order valence-corrected chi connectivity index (χ4v) is 2.53. The van der Waals surface area contributed by atoms with Crippen molar-refractivity contribution in [2.24, 2.45) is 0 Å². The molecule has 0 spiro atoms. The standard InChI is InChI=1S/C12H26N2/c1-4-14(5-2)11(3)10-12-8-6-7-9-13-12/h11-13H,4-10H2,1-3H3. The van der Waals surface area contributed by atoms with Crippen LogP contribution < -0.4 is 5.32 Å². The van der Waals surface area contributed by atoms with Crippen molar-refractivity contribution in [3.8, 4) is 0 Å². The molecule has 0 radical (unpaired) electrons. The van der Waals surface area contributed by atoms with Crippen molar-refractivity contribution in [1.82, 2.24) is 10.2 Å². The molecule has 14 heavy (non-hydrogen) atoms. The summed E-state index contributed by atoms with van der Waals surface area (Å²) in [5.74, 6) is 0. The fourth-order valence-electron chi connectivity index (χ4n) is 2.53. The van der Waals surface area contributed by atoms with Gasteiger partial charge < -0.3 is 10.2 Å². The lowest BCUT2D eigenvalue weighted by atomic mass is 9.98. The van der Waals surface area contributed by atoms with Crippen LogP contribution in [-0.4, -0.2) is 36.6 Å². The second kappa shape index (κ2) is 6.41. The van der Waals surface area contributed by atoms with Crippen molar-refractivity contribution >= 4 is 0 Å². The normalized spacial score (nSPS) is 25.3. The minimum atomic E-state index is 0.737. The fraction of sp³-hybridized carbons (Fsp3) is 1.00. The van der Waals surface area contributed by atoms with Gasteiger partial charge in [0.1, 0.15) is 0 Å². The van der Waals surface area contributed by atoms with Crippen LogP contribution in [0.2, 0.25) is 0 Å². The van der Waals surface area contributed by atoms with Gasteiger partial charge in [-0.1, -0.05) is 20.3 Å². The summed E-state index contributed by atoms with van der Waals surface area (Å²) in [7, 11) is 0. The molecule has 1 aliphatic rings. The van der Waals surface area contributed by atoms with E-state index >= 15 is 0 Å². The molecule has 0 amide bonds. The maximum atomic E-state index is 3.63. The first-order valence-corrected chi connectivity index (χ1v) is 6.25. The molecule has 1 heterocycles. The molecule has 1 saturated heterocycles. The van der Waals surface area contributed by atoms with Gasteiger partial charge in [0.15, 0.2) is 0 Å². The molecule has 1 fully saturated rings. The average molecular weight is 198 g/mol. The molecule has 1 aliphatic heterocycles. The Hall–Kier alpha value is -0.0800. The van der Waals surface area contributed by atoms with Gasteiger partial charge in [-0.3, -0.25) is 0 Å². The molecule has 1 rings (SSSR count). The second-order valence-corrected chi connectivity index (χ2v) is 4.45. The zero-order chi connectivity index (χ0) is 10.4. The first-order valence-electron chi connectivity index (χ1n) is 6.25. The van der Waals surface area contributed by atoms with Crippen LogP contribution in [-0.2, 0) is 0 Å².